The SMILES string of the molecule is COc1ccc(C(=O)Nc2ccc(-n3nncc3-c3ccccc3)cc2)c(OC)c1. The molecule has 0 aliphatic rings. The van der Waals surface area contributed by atoms with Crippen LogP contribution in [0, 0.1) is 0 Å². The van der Waals surface area contributed by atoms with Crippen LogP contribution in [0.1, 0.15) is 10.4 Å². The summed E-state index contributed by atoms with van der Waals surface area (Å²) < 4.78 is 12.2. The molecule has 0 saturated carbocycles. The first-order valence-corrected chi connectivity index (χ1v) is 9.29. The van der Waals surface area contributed by atoms with Crippen LogP contribution in [-0.2, 0) is 0 Å². The molecule has 0 atom stereocenters. The molecule has 7 heteroatoms. The Balaban J connectivity index is 1.54. The Morgan fingerprint density at radius 2 is 1.70 bits per heavy atom. The van der Waals surface area contributed by atoms with Gasteiger partial charge in [0.05, 0.1) is 37.4 Å². The van der Waals surface area contributed by atoms with E-state index in [1.165, 1.54) is 7.11 Å². The summed E-state index contributed by atoms with van der Waals surface area (Å²) in [6.45, 7) is 0. The maximum atomic E-state index is 12.7. The Labute approximate surface area is 173 Å². The molecule has 30 heavy (non-hydrogen) atoms. The summed E-state index contributed by atoms with van der Waals surface area (Å²) in [4.78, 5) is 12.7. The topological polar surface area (TPSA) is 78.3 Å². The molecule has 0 saturated heterocycles. The van der Waals surface area contributed by atoms with Crippen LogP contribution >= 0.6 is 0 Å². The van der Waals surface area contributed by atoms with Gasteiger partial charge in [0, 0.05) is 17.3 Å². The summed E-state index contributed by atoms with van der Waals surface area (Å²) in [5.74, 6) is 0.793. The predicted molar refractivity (Wildman–Crippen MR) is 114 cm³/mol. The number of nitrogens with zero attached hydrogens (tertiary/aromatic N) is 3. The molecule has 1 amide bonds. The van der Waals surface area contributed by atoms with Gasteiger partial charge in [-0.25, -0.2) is 4.68 Å². The lowest BCUT2D eigenvalue weighted by Crippen LogP contribution is -2.13. The van der Waals surface area contributed by atoms with Gasteiger partial charge in [0.15, 0.2) is 0 Å². The molecular formula is C23H20N4O3. The van der Waals surface area contributed by atoms with E-state index in [2.05, 4.69) is 15.6 Å². The fraction of sp³-hybridized carbons (Fsp3) is 0.0870. The van der Waals surface area contributed by atoms with Gasteiger partial charge < -0.3 is 14.8 Å². The summed E-state index contributed by atoms with van der Waals surface area (Å²) in [6, 6.07) is 22.4. The lowest BCUT2D eigenvalue weighted by atomic mass is 10.1. The average Bonchev–Trinajstić information content (AvgIpc) is 3.29. The second-order valence-electron chi connectivity index (χ2n) is 6.46. The van der Waals surface area contributed by atoms with Crippen molar-refractivity contribution in [2.45, 2.75) is 0 Å². The number of benzene rings is 3. The third-order valence-electron chi connectivity index (χ3n) is 4.64. The molecular weight excluding hydrogens is 380 g/mol. The molecule has 3 aromatic carbocycles. The lowest BCUT2D eigenvalue weighted by Gasteiger charge is -2.11. The maximum absolute atomic E-state index is 12.7. The molecule has 1 heterocycles. The average molecular weight is 400 g/mol. The van der Waals surface area contributed by atoms with Crippen molar-refractivity contribution in [3.63, 3.8) is 0 Å². The summed E-state index contributed by atoms with van der Waals surface area (Å²) in [5, 5.41) is 11.1. The van der Waals surface area contributed by atoms with E-state index in [1.807, 2.05) is 54.6 Å². The van der Waals surface area contributed by atoms with Crippen molar-refractivity contribution in [3.8, 4) is 28.4 Å². The molecule has 7 nitrogen and oxygen atoms in total. The van der Waals surface area contributed by atoms with E-state index in [0.717, 1.165) is 16.9 Å². The van der Waals surface area contributed by atoms with Crippen LogP contribution in [0.3, 0.4) is 0 Å². The van der Waals surface area contributed by atoms with Gasteiger partial charge >= 0.3 is 0 Å². The monoisotopic (exact) mass is 400 g/mol. The third-order valence-corrected chi connectivity index (χ3v) is 4.64. The number of nitrogens with one attached hydrogen (secondary N) is 1. The highest BCUT2D eigenvalue weighted by molar-refractivity contribution is 6.06. The first-order chi connectivity index (χ1) is 14.7. The van der Waals surface area contributed by atoms with Crippen molar-refractivity contribution in [2.75, 3.05) is 19.5 Å². The highest BCUT2D eigenvalue weighted by atomic mass is 16.5. The number of ether oxygens (including phenoxy) is 2. The van der Waals surface area contributed by atoms with Crippen molar-refractivity contribution in [2.24, 2.45) is 0 Å². The van der Waals surface area contributed by atoms with E-state index in [-0.39, 0.29) is 5.91 Å². The number of anilines is 1. The summed E-state index contributed by atoms with van der Waals surface area (Å²) in [7, 11) is 3.08. The van der Waals surface area contributed by atoms with Crippen molar-refractivity contribution < 1.29 is 14.3 Å². The van der Waals surface area contributed by atoms with E-state index in [0.29, 0.717) is 22.7 Å². The molecule has 0 spiro atoms. The second-order valence-corrected chi connectivity index (χ2v) is 6.46. The number of rotatable bonds is 6. The molecule has 0 aliphatic carbocycles. The molecule has 0 aliphatic heterocycles. The third kappa shape index (κ3) is 3.86. The first-order valence-electron chi connectivity index (χ1n) is 9.29. The van der Waals surface area contributed by atoms with E-state index < -0.39 is 0 Å². The molecule has 0 bridgehead atoms. The van der Waals surface area contributed by atoms with E-state index in [4.69, 9.17) is 9.47 Å². The highest BCUT2D eigenvalue weighted by Crippen LogP contribution is 2.26. The van der Waals surface area contributed by atoms with Crippen molar-refractivity contribution >= 4 is 11.6 Å². The van der Waals surface area contributed by atoms with E-state index >= 15 is 0 Å². The Morgan fingerprint density at radius 1 is 0.933 bits per heavy atom. The number of carbonyl (C=O) groups is 1. The second kappa shape index (κ2) is 8.48. The van der Waals surface area contributed by atoms with Gasteiger partial charge in [-0.05, 0) is 36.4 Å². The Kier molecular flexibility index (Phi) is 5.43. The predicted octanol–water partition coefficient (Wildman–Crippen LogP) is 4.20. The molecule has 1 aromatic heterocycles. The van der Waals surface area contributed by atoms with Gasteiger partial charge in [0.25, 0.3) is 5.91 Å². The molecule has 4 aromatic rings. The zero-order valence-electron chi connectivity index (χ0n) is 16.6. The van der Waals surface area contributed by atoms with Crippen molar-refractivity contribution in [1.82, 2.24) is 15.0 Å². The summed E-state index contributed by atoms with van der Waals surface area (Å²) in [6.07, 6.45) is 1.72. The van der Waals surface area contributed by atoms with E-state index in [1.54, 1.807) is 36.2 Å². The molecule has 0 unspecified atom stereocenters. The smallest absolute Gasteiger partial charge is 0.259 e. The Morgan fingerprint density at radius 3 is 2.40 bits per heavy atom. The van der Waals surface area contributed by atoms with Gasteiger partial charge in [-0.1, -0.05) is 35.5 Å². The Hall–Kier alpha value is -4.13. The van der Waals surface area contributed by atoms with E-state index in [9.17, 15) is 4.79 Å². The number of amides is 1. The van der Waals surface area contributed by atoms with Crippen LogP contribution in [0.2, 0.25) is 0 Å². The lowest BCUT2D eigenvalue weighted by molar-refractivity contribution is 0.102. The minimum atomic E-state index is -0.270. The summed E-state index contributed by atoms with van der Waals surface area (Å²) >= 11 is 0. The van der Waals surface area contributed by atoms with Crippen molar-refractivity contribution in [1.29, 1.82) is 0 Å². The molecule has 0 radical (unpaired) electrons. The highest BCUT2D eigenvalue weighted by Gasteiger charge is 2.14. The zero-order valence-corrected chi connectivity index (χ0v) is 16.6. The van der Waals surface area contributed by atoms with Crippen LogP contribution in [-0.4, -0.2) is 35.1 Å². The largest absolute Gasteiger partial charge is 0.497 e. The normalized spacial score (nSPS) is 10.5. The first kappa shape index (κ1) is 19.2. The molecule has 150 valence electrons. The van der Waals surface area contributed by atoms with Crippen LogP contribution in [0.4, 0.5) is 5.69 Å². The number of methoxy groups -OCH3 is 2. The fourth-order valence-electron chi connectivity index (χ4n) is 3.10. The van der Waals surface area contributed by atoms with Crippen LogP contribution in [0.5, 0.6) is 11.5 Å². The van der Waals surface area contributed by atoms with Crippen molar-refractivity contribution in [3.05, 3.63) is 84.6 Å². The molecule has 4 rings (SSSR count). The van der Waals surface area contributed by atoms with Gasteiger partial charge in [-0.3, -0.25) is 4.79 Å². The zero-order chi connectivity index (χ0) is 20.9. The standard InChI is InChI=1S/C23H20N4O3/c1-29-19-12-13-20(22(14-19)30-2)23(28)25-17-8-10-18(11-9-17)27-21(15-24-26-27)16-6-4-3-5-7-16/h3-15H,1-2H3,(H,25,28). The fourth-order valence-corrected chi connectivity index (χ4v) is 3.10. The number of hydrogen-bond donors (Lipinski definition) is 1. The molecule has 0 fully saturated rings. The number of hydrogen-bond acceptors (Lipinski definition) is 5. The van der Waals surface area contributed by atoms with Crippen LogP contribution < -0.4 is 14.8 Å². The molecule has 1 N–H and O–H groups in total. The minimum Gasteiger partial charge on any atom is -0.497 e. The van der Waals surface area contributed by atoms with Crippen LogP contribution in [0.15, 0.2) is 79.0 Å². The minimum absolute atomic E-state index is 0.270. The van der Waals surface area contributed by atoms with Gasteiger partial charge in [-0.2, -0.15) is 0 Å². The van der Waals surface area contributed by atoms with Gasteiger partial charge in [0.1, 0.15) is 11.5 Å². The number of carbonyl (C=O) groups excluding carboxylic acids is 1. The van der Waals surface area contributed by atoms with Crippen LogP contribution in [0.25, 0.3) is 16.9 Å². The van der Waals surface area contributed by atoms with Gasteiger partial charge in [-0.15, -0.1) is 5.10 Å². The van der Waals surface area contributed by atoms with Gasteiger partial charge in [0.2, 0.25) is 0 Å². The Bertz CT molecular complexity index is 1150. The number of aromatic nitrogens is 3. The maximum Gasteiger partial charge on any atom is 0.259 e. The quantitative estimate of drug-likeness (QED) is 0.525. The summed E-state index contributed by atoms with van der Waals surface area (Å²) in [5.41, 5.74) is 3.82.